The van der Waals surface area contributed by atoms with Crippen molar-refractivity contribution in [3.05, 3.63) is 0 Å². The summed E-state index contributed by atoms with van der Waals surface area (Å²) in [6.07, 6.45) is 3.90. The molecule has 0 radical (unpaired) electrons. The highest BCUT2D eigenvalue weighted by Crippen LogP contribution is 2.33. The second kappa shape index (κ2) is 16.2. The number of ether oxygens (including phenoxy) is 5. The number of esters is 3. The van der Waals surface area contributed by atoms with Gasteiger partial charge in [0.25, 0.3) is 0 Å². The summed E-state index contributed by atoms with van der Waals surface area (Å²) < 4.78 is 28.3. The lowest BCUT2D eigenvalue weighted by atomic mass is 9.83. The van der Waals surface area contributed by atoms with E-state index in [1.165, 1.54) is 33.1 Å². The summed E-state index contributed by atoms with van der Waals surface area (Å²) in [5.74, 6) is -1.12. The maximum absolute atomic E-state index is 12.5. The van der Waals surface area contributed by atoms with E-state index in [1.807, 2.05) is 34.6 Å². The molecule has 5 atom stereocenters. The second-order valence-corrected chi connectivity index (χ2v) is 10.8. The van der Waals surface area contributed by atoms with Crippen LogP contribution in [-0.4, -0.2) is 79.8 Å². The third-order valence-electron chi connectivity index (χ3n) is 6.31. The van der Waals surface area contributed by atoms with Crippen molar-refractivity contribution in [3.63, 3.8) is 0 Å². The van der Waals surface area contributed by atoms with Crippen molar-refractivity contribution in [1.29, 1.82) is 0 Å². The lowest BCUT2D eigenvalue weighted by Crippen LogP contribution is -2.53. The van der Waals surface area contributed by atoms with Crippen LogP contribution in [0.5, 0.6) is 0 Å². The molecule has 9 nitrogen and oxygen atoms in total. The summed E-state index contributed by atoms with van der Waals surface area (Å²) in [7, 11) is 0. The van der Waals surface area contributed by atoms with Gasteiger partial charge >= 0.3 is 17.9 Å². The van der Waals surface area contributed by atoms with E-state index in [0.29, 0.717) is 13.2 Å². The van der Waals surface area contributed by atoms with Gasteiger partial charge in [-0.05, 0) is 45.6 Å². The Bertz CT molecular complexity index is 677. The molecule has 0 spiro atoms. The van der Waals surface area contributed by atoms with Crippen molar-refractivity contribution in [3.8, 4) is 0 Å². The van der Waals surface area contributed by atoms with Crippen LogP contribution < -0.4 is 0 Å². The van der Waals surface area contributed by atoms with Gasteiger partial charge in [-0.3, -0.25) is 19.3 Å². The van der Waals surface area contributed by atoms with Gasteiger partial charge in [-0.15, -0.1) is 0 Å². The SMILES string of the molecule is CCCCCCCN(CCOC1C(OC(C)=O)OC(COC(C)=O)[C@@H](C)[C@@H]1C)CC(=O)OC(C)(C)C. The van der Waals surface area contributed by atoms with Crippen LogP contribution in [0.1, 0.15) is 87.5 Å². The van der Waals surface area contributed by atoms with Crippen LogP contribution in [0.25, 0.3) is 0 Å². The molecule has 36 heavy (non-hydrogen) atoms. The highest BCUT2D eigenvalue weighted by molar-refractivity contribution is 5.72. The molecule has 0 bridgehead atoms. The Morgan fingerprint density at radius 1 is 0.917 bits per heavy atom. The molecule has 0 N–H and O–H groups in total. The van der Waals surface area contributed by atoms with E-state index < -0.39 is 30.1 Å². The van der Waals surface area contributed by atoms with Crippen LogP contribution in [0.2, 0.25) is 0 Å². The molecular formula is C27H49NO8. The molecular weight excluding hydrogens is 466 g/mol. The Morgan fingerprint density at radius 3 is 2.17 bits per heavy atom. The summed E-state index contributed by atoms with van der Waals surface area (Å²) >= 11 is 0. The molecule has 0 amide bonds. The maximum Gasteiger partial charge on any atom is 0.320 e. The van der Waals surface area contributed by atoms with Gasteiger partial charge in [0.15, 0.2) is 0 Å². The smallest absolute Gasteiger partial charge is 0.320 e. The van der Waals surface area contributed by atoms with E-state index in [2.05, 4.69) is 11.8 Å². The molecule has 0 aromatic rings. The molecule has 1 aliphatic rings. The number of hydrogen-bond acceptors (Lipinski definition) is 9. The fourth-order valence-corrected chi connectivity index (χ4v) is 4.22. The van der Waals surface area contributed by atoms with Crippen LogP contribution in [0, 0.1) is 11.8 Å². The normalized spacial score (nSPS) is 24.4. The quantitative estimate of drug-likeness (QED) is 0.181. The van der Waals surface area contributed by atoms with Gasteiger partial charge < -0.3 is 23.7 Å². The largest absolute Gasteiger partial charge is 0.463 e. The van der Waals surface area contributed by atoms with Crippen molar-refractivity contribution in [2.45, 2.75) is 112 Å². The van der Waals surface area contributed by atoms with Crippen LogP contribution in [0.3, 0.4) is 0 Å². The number of carbonyl (C=O) groups is 3. The highest BCUT2D eigenvalue weighted by Gasteiger charge is 2.44. The third-order valence-corrected chi connectivity index (χ3v) is 6.31. The fourth-order valence-electron chi connectivity index (χ4n) is 4.22. The molecule has 3 unspecified atom stereocenters. The van der Waals surface area contributed by atoms with Gasteiger partial charge in [-0.1, -0.05) is 46.5 Å². The summed E-state index contributed by atoms with van der Waals surface area (Å²) in [6.45, 7) is 16.4. The summed E-state index contributed by atoms with van der Waals surface area (Å²) in [5.41, 5.74) is -0.536. The Hall–Kier alpha value is -1.71. The predicted octanol–water partition coefficient (Wildman–Crippen LogP) is 4.11. The molecule has 1 fully saturated rings. The molecule has 9 heteroatoms. The molecule has 0 saturated carbocycles. The summed E-state index contributed by atoms with van der Waals surface area (Å²) in [5, 5.41) is 0. The van der Waals surface area contributed by atoms with E-state index >= 15 is 0 Å². The van der Waals surface area contributed by atoms with Crippen molar-refractivity contribution in [2.75, 3.05) is 32.8 Å². The van der Waals surface area contributed by atoms with Crippen molar-refractivity contribution in [2.24, 2.45) is 11.8 Å². The maximum atomic E-state index is 12.5. The van der Waals surface area contributed by atoms with Crippen molar-refractivity contribution >= 4 is 17.9 Å². The van der Waals surface area contributed by atoms with Crippen LogP contribution in [-0.2, 0) is 38.1 Å². The first-order chi connectivity index (χ1) is 16.8. The molecule has 0 aromatic heterocycles. The number of unbranched alkanes of at least 4 members (excludes halogenated alkanes) is 4. The fraction of sp³-hybridized carbons (Fsp3) is 0.889. The minimum atomic E-state index is -0.900. The molecule has 1 heterocycles. The van der Waals surface area contributed by atoms with Crippen LogP contribution >= 0.6 is 0 Å². The first-order valence-electron chi connectivity index (χ1n) is 13.4. The van der Waals surface area contributed by atoms with Gasteiger partial charge in [-0.25, -0.2) is 0 Å². The van der Waals surface area contributed by atoms with Gasteiger partial charge in [0.1, 0.15) is 18.3 Å². The minimum Gasteiger partial charge on any atom is -0.463 e. The lowest BCUT2D eigenvalue weighted by Gasteiger charge is -2.43. The van der Waals surface area contributed by atoms with Gasteiger partial charge in [0.05, 0.1) is 19.3 Å². The molecule has 0 aromatic carbocycles. The monoisotopic (exact) mass is 515 g/mol. The van der Waals surface area contributed by atoms with E-state index in [1.54, 1.807) is 0 Å². The Kier molecular flexibility index (Phi) is 14.5. The Balaban J connectivity index is 2.77. The van der Waals surface area contributed by atoms with E-state index in [0.717, 1.165) is 19.4 Å². The topological polar surface area (TPSA) is 101 Å². The number of carbonyl (C=O) groups excluding carboxylic acids is 3. The van der Waals surface area contributed by atoms with Crippen LogP contribution in [0.15, 0.2) is 0 Å². The zero-order valence-corrected chi connectivity index (χ0v) is 23.7. The Morgan fingerprint density at radius 2 is 1.58 bits per heavy atom. The second-order valence-electron chi connectivity index (χ2n) is 10.8. The summed E-state index contributed by atoms with van der Waals surface area (Å²) in [4.78, 5) is 37.5. The zero-order valence-electron chi connectivity index (χ0n) is 23.7. The van der Waals surface area contributed by atoms with E-state index in [-0.39, 0.29) is 36.9 Å². The lowest BCUT2D eigenvalue weighted by molar-refractivity contribution is -0.276. The van der Waals surface area contributed by atoms with E-state index in [4.69, 9.17) is 23.7 Å². The average Bonchev–Trinajstić information content (AvgIpc) is 2.75. The van der Waals surface area contributed by atoms with Gasteiger partial charge in [0, 0.05) is 20.4 Å². The zero-order chi connectivity index (χ0) is 27.3. The predicted molar refractivity (Wildman–Crippen MR) is 136 cm³/mol. The summed E-state index contributed by atoms with van der Waals surface area (Å²) in [6, 6.07) is 0. The molecule has 0 aliphatic carbocycles. The standard InChI is InChI=1S/C27H49NO8/c1-9-10-11-12-13-14-28(17-24(31)36-27(6,7)8)15-16-32-25-20(3)19(2)23(18-33-21(4)29)35-26(25)34-22(5)30/h19-20,23,25-26H,9-18H2,1-8H3/t19-,20-,23?,25?,26?/m0/s1. The molecule has 1 saturated heterocycles. The van der Waals surface area contributed by atoms with Gasteiger partial charge in [-0.2, -0.15) is 0 Å². The van der Waals surface area contributed by atoms with E-state index in [9.17, 15) is 14.4 Å². The number of hydrogen-bond donors (Lipinski definition) is 0. The number of nitrogens with zero attached hydrogens (tertiary/aromatic N) is 1. The van der Waals surface area contributed by atoms with Crippen molar-refractivity contribution in [1.82, 2.24) is 4.90 Å². The average molecular weight is 516 g/mol. The minimum absolute atomic E-state index is 0.0117. The number of rotatable bonds is 15. The first kappa shape index (κ1) is 32.3. The van der Waals surface area contributed by atoms with Crippen molar-refractivity contribution < 1.29 is 38.1 Å². The third kappa shape index (κ3) is 13.0. The molecule has 1 aliphatic heterocycles. The molecule has 1 rings (SSSR count). The highest BCUT2D eigenvalue weighted by atomic mass is 16.7. The Labute approximate surface area is 217 Å². The molecule has 210 valence electrons. The first-order valence-corrected chi connectivity index (χ1v) is 13.4. The van der Waals surface area contributed by atoms with Crippen LogP contribution in [0.4, 0.5) is 0 Å². The van der Waals surface area contributed by atoms with Gasteiger partial charge in [0.2, 0.25) is 6.29 Å².